The van der Waals surface area contributed by atoms with Crippen LogP contribution >= 0.6 is 0 Å². The van der Waals surface area contributed by atoms with Crippen molar-refractivity contribution in [3.63, 3.8) is 0 Å². The summed E-state index contributed by atoms with van der Waals surface area (Å²) in [5.41, 5.74) is 5.21. The van der Waals surface area contributed by atoms with Gasteiger partial charge in [0.2, 0.25) is 0 Å². The van der Waals surface area contributed by atoms with Gasteiger partial charge in [0, 0.05) is 27.9 Å². The maximum atomic E-state index is 13.7. The molecule has 7 nitrogen and oxygen atoms in total. The lowest BCUT2D eigenvalue weighted by Crippen LogP contribution is -2.02. The van der Waals surface area contributed by atoms with E-state index in [1.54, 1.807) is 14.2 Å². The highest BCUT2D eigenvalue weighted by Crippen LogP contribution is 2.45. The second-order valence-corrected chi connectivity index (χ2v) is 11.5. The molecule has 3 aromatic heterocycles. The molecule has 0 bridgehead atoms. The van der Waals surface area contributed by atoms with Crippen LogP contribution in [0.25, 0.3) is 49.3 Å². The molecular weight excluding hydrogens is 602 g/mol. The Kier molecular flexibility index (Phi) is 7.42. The van der Waals surface area contributed by atoms with E-state index in [2.05, 4.69) is 0 Å². The Hall–Kier alpha value is -6.21. The van der Waals surface area contributed by atoms with Gasteiger partial charge < -0.3 is 27.8 Å². The van der Waals surface area contributed by atoms with Gasteiger partial charge in [-0.1, -0.05) is 84.9 Å². The molecule has 7 heteroatoms. The quantitative estimate of drug-likeness (QED) is 0.148. The molecule has 0 aliphatic rings. The number of ether oxygens (including phenoxy) is 4. The van der Waals surface area contributed by atoms with Gasteiger partial charge in [-0.2, -0.15) is 0 Å². The average Bonchev–Trinajstić information content (AvgIpc) is 3.50. The molecule has 48 heavy (non-hydrogen) atoms. The first kappa shape index (κ1) is 29.2. The van der Waals surface area contributed by atoms with Crippen LogP contribution in [0.3, 0.4) is 0 Å². The number of hydrogen-bond donors (Lipinski definition) is 0. The fourth-order valence-electron chi connectivity index (χ4n) is 6.42. The molecular formula is C41H31NO6. The van der Waals surface area contributed by atoms with Crippen molar-refractivity contribution in [3.8, 4) is 34.1 Å². The third kappa shape index (κ3) is 5.06. The fraction of sp³-hybridized carbons (Fsp3) is 0.0976. The van der Waals surface area contributed by atoms with Crippen LogP contribution in [0, 0.1) is 0 Å². The monoisotopic (exact) mass is 633 g/mol. The predicted molar refractivity (Wildman–Crippen MR) is 189 cm³/mol. The van der Waals surface area contributed by atoms with Gasteiger partial charge in [-0.15, -0.1) is 0 Å². The van der Waals surface area contributed by atoms with Crippen LogP contribution in [-0.2, 0) is 13.2 Å². The summed E-state index contributed by atoms with van der Waals surface area (Å²) in [6, 6.07) is 39.5. The van der Waals surface area contributed by atoms with Crippen molar-refractivity contribution in [2.75, 3.05) is 14.2 Å². The van der Waals surface area contributed by atoms with E-state index in [-0.39, 0.29) is 0 Å². The molecule has 0 saturated heterocycles. The van der Waals surface area contributed by atoms with Gasteiger partial charge in [0.05, 0.1) is 19.7 Å². The van der Waals surface area contributed by atoms with E-state index >= 15 is 0 Å². The molecule has 5 aromatic carbocycles. The molecule has 8 rings (SSSR count). The SMILES string of the molecule is COc1cc(-c2c3c4ccccc4oc(=O)c3n3ccc4cc(OCc5ccccc5)c(OC)cc4c23)ccc1OCc1ccccc1. The number of rotatable bonds is 9. The second-order valence-electron chi connectivity index (χ2n) is 11.5. The van der Waals surface area contributed by atoms with Gasteiger partial charge in [-0.3, -0.25) is 0 Å². The zero-order valence-electron chi connectivity index (χ0n) is 26.4. The summed E-state index contributed by atoms with van der Waals surface area (Å²) < 4.78 is 32.0. The minimum atomic E-state index is -0.422. The van der Waals surface area contributed by atoms with E-state index in [0.29, 0.717) is 47.3 Å². The summed E-state index contributed by atoms with van der Waals surface area (Å²) in [7, 11) is 3.26. The number of pyridine rings is 1. The maximum absolute atomic E-state index is 13.7. The summed E-state index contributed by atoms with van der Waals surface area (Å²) >= 11 is 0. The van der Waals surface area contributed by atoms with Crippen molar-refractivity contribution in [2.24, 2.45) is 0 Å². The van der Waals surface area contributed by atoms with Crippen molar-refractivity contribution in [1.82, 2.24) is 4.40 Å². The highest BCUT2D eigenvalue weighted by Gasteiger charge is 2.24. The van der Waals surface area contributed by atoms with E-state index in [0.717, 1.165) is 49.3 Å². The minimum Gasteiger partial charge on any atom is -0.493 e. The standard InChI is InChI=1S/C41H31NO6/c1-44-34-22-29(17-18-33(34)46-24-26-11-5-3-6-12-26)37-38-30-15-9-10-16-32(30)48-41(43)40(38)42-20-19-28-21-36(35(45-2)23-31(28)39(37)42)47-25-27-13-7-4-8-14-27/h3-23H,24-25H2,1-2H3. The number of benzene rings is 5. The molecule has 0 aliphatic heterocycles. The lowest BCUT2D eigenvalue weighted by atomic mass is 9.98. The molecule has 0 aliphatic carbocycles. The molecule has 0 fully saturated rings. The Bertz CT molecular complexity index is 2500. The van der Waals surface area contributed by atoms with Gasteiger partial charge in [0.15, 0.2) is 23.0 Å². The first-order chi connectivity index (χ1) is 23.6. The number of methoxy groups -OCH3 is 2. The van der Waals surface area contributed by atoms with Crippen molar-refractivity contribution < 1.29 is 23.4 Å². The predicted octanol–water partition coefficient (Wildman–Crippen LogP) is 9.19. The van der Waals surface area contributed by atoms with Crippen molar-refractivity contribution in [3.05, 3.63) is 149 Å². The van der Waals surface area contributed by atoms with Gasteiger partial charge in [-0.05, 0) is 58.5 Å². The molecule has 0 unspecified atom stereocenters. The number of nitrogens with zero attached hydrogens (tertiary/aromatic N) is 1. The summed E-state index contributed by atoms with van der Waals surface area (Å²) in [5.74, 6) is 2.41. The van der Waals surface area contributed by atoms with E-state index in [1.807, 2.05) is 132 Å². The summed E-state index contributed by atoms with van der Waals surface area (Å²) in [4.78, 5) is 13.7. The van der Waals surface area contributed by atoms with Gasteiger partial charge >= 0.3 is 5.63 Å². The van der Waals surface area contributed by atoms with Crippen LogP contribution in [0.1, 0.15) is 11.1 Å². The molecule has 3 heterocycles. The molecule has 0 radical (unpaired) electrons. The van der Waals surface area contributed by atoms with Crippen LogP contribution in [0.2, 0.25) is 0 Å². The van der Waals surface area contributed by atoms with E-state index in [4.69, 9.17) is 23.4 Å². The molecule has 0 atom stereocenters. The van der Waals surface area contributed by atoms with Crippen LogP contribution in [0.5, 0.6) is 23.0 Å². The zero-order chi connectivity index (χ0) is 32.6. The maximum Gasteiger partial charge on any atom is 0.361 e. The Morgan fingerprint density at radius 1 is 0.604 bits per heavy atom. The highest BCUT2D eigenvalue weighted by molar-refractivity contribution is 6.21. The number of aromatic nitrogens is 1. The van der Waals surface area contributed by atoms with E-state index in [9.17, 15) is 4.79 Å². The zero-order valence-corrected chi connectivity index (χ0v) is 26.4. The molecule has 0 N–H and O–H groups in total. The Morgan fingerprint density at radius 2 is 1.25 bits per heavy atom. The lowest BCUT2D eigenvalue weighted by molar-refractivity contribution is 0.284. The topological polar surface area (TPSA) is 71.5 Å². The Morgan fingerprint density at radius 3 is 1.96 bits per heavy atom. The molecule has 0 amide bonds. The number of para-hydroxylation sites is 1. The number of fused-ring (bicyclic) bond motifs is 7. The minimum absolute atomic E-state index is 0.400. The van der Waals surface area contributed by atoms with Crippen molar-refractivity contribution in [1.29, 1.82) is 0 Å². The molecule has 0 saturated carbocycles. The van der Waals surface area contributed by atoms with Gasteiger partial charge in [-0.25, -0.2) is 4.79 Å². The molecule has 0 spiro atoms. The summed E-state index contributed by atoms with van der Waals surface area (Å²) in [6.07, 6.45) is 1.91. The third-order valence-electron chi connectivity index (χ3n) is 8.68. The first-order valence-corrected chi connectivity index (χ1v) is 15.6. The lowest BCUT2D eigenvalue weighted by Gasteiger charge is -2.15. The van der Waals surface area contributed by atoms with Crippen LogP contribution < -0.4 is 24.6 Å². The Balaban J connectivity index is 1.36. The smallest absolute Gasteiger partial charge is 0.361 e. The second kappa shape index (κ2) is 12.2. The van der Waals surface area contributed by atoms with Gasteiger partial charge in [0.1, 0.15) is 24.3 Å². The fourth-order valence-corrected chi connectivity index (χ4v) is 6.42. The number of hydrogen-bond acceptors (Lipinski definition) is 6. The summed E-state index contributed by atoms with van der Waals surface area (Å²) in [5, 5.41) is 3.44. The molecule has 8 aromatic rings. The van der Waals surface area contributed by atoms with E-state index < -0.39 is 5.63 Å². The average molecular weight is 634 g/mol. The van der Waals surface area contributed by atoms with Crippen LogP contribution in [-0.4, -0.2) is 18.6 Å². The van der Waals surface area contributed by atoms with Crippen LogP contribution in [0.15, 0.2) is 137 Å². The molecule has 236 valence electrons. The normalized spacial score (nSPS) is 11.4. The Labute approximate surface area is 276 Å². The summed E-state index contributed by atoms with van der Waals surface area (Å²) in [6.45, 7) is 0.802. The van der Waals surface area contributed by atoms with Crippen molar-refractivity contribution >= 4 is 38.2 Å². The van der Waals surface area contributed by atoms with Gasteiger partial charge in [0.25, 0.3) is 0 Å². The van der Waals surface area contributed by atoms with Crippen molar-refractivity contribution in [2.45, 2.75) is 13.2 Å². The van der Waals surface area contributed by atoms with E-state index in [1.165, 1.54) is 0 Å². The highest BCUT2D eigenvalue weighted by atomic mass is 16.5. The first-order valence-electron chi connectivity index (χ1n) is 15.6. The largest absolute Gasteiger partial charge is 0.493 e. The van der Waals surface area contributed by atoms with Crippen LogP contribution in [0.4, 0.5) is 0 Å². The third-order valence-corrected chi connectivity index (χ3v) is 8.68.